The SMILES string of the molecule is COC(=O)c1ccc(Oc2cc(C)ccc2C#N)cc1. The van der Waals surface area contributed by atoms with Gasteiger partial charge in [0.25, 0.3) is 0 Å². The molecule has 0 amide bonds. The Balaban J connectivity index is 2.25. The fraction of sp³-hybridized carbons (Fsp3) is 0.125. The maximum Gasteiger partial charge on any atom is 0.337 e. The number of methoxy groups -OCH3 is 1. The predicted octanol–water partition coefficient (Wildman–Crippen LogP) is 3.45. The summed E-state index contributed by atoms with van der Waals surface area (Å²) in [5.41, 5.74) is 1.92. The molecule has 0 aliphatic carbocycles. The van der Waals surface area contributed by atoms with Gasteiger partial charge in [-0.2, -0.15) is 5.26 Å². The van der Waals surface area contributed by atoms with E-state index < -0.39 is 5.97 Å². The van der Waals surface area contributed by atoms with Gasteiger partial charge in [-0.25, -0.2) is 4.79 Å². The smallest absolute Gasteiger partial charge is 0.337 e. The lowest BCUT2D eigenvalue weighted by Crippen LogP contribution is -2.00. The fourth-order valence-corrected chi connectivity index (χ4v) is 1.71. The molecule has 0 aliphatic heterocycles. The van der Waals surface area contributed by atoms with Gasteiger partial charge in [0, 0.05) is 0 Å². The average Bonchev–Trinajstić information content (AvgIpc) is 2.47. The highest BCUT2D eigenvalue weighted by Gasteiger charge is 2.07. The highest BCUT2D eigenvalue weighted by Crippen LogP contribution is 2.26. The number of aryl methyl sites for hydroxylation is 1. The van der Waals surface area contributed by atoms with Crippen LogP contribution in [0, 0.1) is 18.3 Å². The fourth-order valence-electron chi connectivity index (χ4n) is 1.71. The van der Waals surface area contributed by atoms with Crippen molar-refractivity contribution in [3.05, 3.63) is 59.2 Å². The van der Waals surface area contributed by atoms with Crippen LogP contribution in [0.2, 0.25) is 0 Å². The van der Waals surface area contributed by atoms with Crippen LogP contribution in [-0.2, 0) is 4.74 Å². The second kappa shape index (κ2) is 5.89. The van der Waals surface area contributed by atoms with Crippen molar-refractivity contribution in [3.63, 3.8) is 0 Å². The van der Waals surface area contributed by atoms with E-state index in [2.05, 4.69) is 10.8 Å². The van der Waals surface area contributed by atoms with Crippen LogP contribution in [0.1, 0.15) is 21.5 Å². The molecule has 0 saturated carbocycles. The summed E-state index contributed by atoms with van der Waals surface area (Å²) in [7, 11) is 1.33. The van der Waals surface area contributed by atoms with Crippen molar-refractivity contribution in [2.75, 3.05) is 7.11 Å². The van der Waals surface area contributed by atoms with Crippen molar-refractivity contribution >= 4 is 5.97 Å². The molecule has 4 nitrogen and oxygen atoms in total. The summed E-state index contributed by atoms with van der Waals surface area (Å²) in [6.45, 7) is 1.92. The number of esters is 1. The summed E-state index contributed by atoms with van der Waals surface area (Å²) in [5.74, 6) is 0.655. The molecule has 0 N–H and O–H groups in total. The zero-order valence-electron chi connectivity index (χ0n) is 11.2. The van der Waals surface area contributed by atoms with E-state index in [4.69, 9.17) is 10.00 Å². The third-order valence-corrected chi connectivity index (χ3v) is 2.76. The number of carbonyl (C=O) groups is 1. The Bertz CT molecular complexity index is 669. The van der Waals surface area contributed by atoms with E-state index in [9.17, 15) is 4.79 Å². The van der Waals surface area contributed by atoms with Crippen molar-refractivity contribution in [2.24, 2.45) is 0 Å². The van der Waals surface area contributed by atoms with Crippen LogP contribution in [0.25, 0.3) is 0 Å². The van der Waals surface area contributed by atoms with Gasteiger partial charge in [-0.1, -0.05) is 6.07 Å². The van der Waals surface area contributed by atoms with E-state index in [1.807, 2.05) is 13.0 Å². The first-order chi connectivity index (χ1) is 9.63. The Hall–Kier alpha value is -2.80. The Morgan fingerprint density at radius 2 is 1.85 bits per heavy atom. The van der Waals surface area contributed by atoms with Crippen LogP contribution in [-0.4, -0.2) is 13.1 Å². The first-order valence-electron chi connectivity index (χ1n) is 6.01. The van der Waals surface area contributed by atoms with Crippen LogP contribution in [0.5, 0.6) is 11.5 Å². The first-order valence-corrected chi connectivity index (χ1v) is 6.01. The molecule has 0 fully saturated rings. The Kier molecular flexibility index (Phi) is 4.02. The Labute approximate surface area is 117 Å². The minimum Gasteiger partial charge on any atom is -0.465 e. The number of rotatable bonds is 3. The normalized spacial score (nSPS) is 9.65. The largest absolute Gasteiger partial charge is 0.465 e. The van der Waals surface area contributed by atoms with Crippen molar-refractivity contribution in [3.8, 4) is 17.6 Å². The number of carbonyl (C=O) groups excluding carboxylic acids is 1. The molecule has 100 valence electrons. The van der Waals surface area contributed by atoms with E-state index in [1.165, 1.54) is 7.11 Å². The van der Waals surface area contributed by atoms with Gasteiger partial charge in [0.15, 0.2) is 0 Å². The number of hydrogen-bond donors (Lipinski definition) is 0. The Morgan fingerprint density at radius 1 is 1.15 bits per heavy atom. The van der Waals surface area contributed by atoms with Crippen LogP contribution >= 0.6 is 0 Å². The van der Waals surface area contributed by atoms with E-state index in [1.54, 1.807) is 36.4 Å². The number of ether oxygens (including phenoxy) is 2. The zero-order valence-corrected chi connectivity index (χ0v) is 11.2. The standard InChI is InChI=1S/C16H13NO3/c1-11-3-4-13(10-17)15(9-11)20-14-7-5-12(6-8-14)16(18)19-2/h3-9H,1-2H3. The van der Waals surface area contributed by atoms with Crippen molar-refractivity contribution in [1.82, 2.24) is 0 Å². The topological polar surface area (TPSA) is 59.3 Å². The van der Waals surface area contributed by atoms with E-state index in [0.717, 1.165) is 5.56 Å². The molecular formula is C16H13NO3. The van der Waals surface area contributed by atoms with Crippen molar-refractivity contribution < 1.29 is 14.3 Å². The van der Waals surface area contributed by atoms with Gasteiger partial charge < -0.3 is 9.47 Å². The summed E-state index contributed by atoms with van der Waals surface area (Å²) in [5, 5.41) is 9.04. The first kappa shape index (κ1) is 13.6. The van der Waals surface area contributed by atoms with Crippen LogP contribution in [0.15, 0.2) is 42.5 Å². The molecule has 0 spiro atoms. The van der Waals surface area contributed by atoms with Crippen molar-refractivity contribution in [2.45, 2.75) is 6.92 Å². The molecule has 2 rings (SSSR count). The molecule has 0 unspecified atom stereocenters. The molecule has 2 aromatic rings. The summed E-state index contributed by atoms with van der Waals surface area (Å²) < 4.78 is 10.3. The minimum absolute atomic E-state index is 0.398. The number of nitrogens with zero attached hydrogens (tertiary/aromatic N) is 1. The molecule has 0 heterocycles. The van der Waals surface area contributed by atoms with Gasteiger partial charge in [-0.3, -0.25) is 0 Å². The van der Waals surface area contributed by atoms with Gasteiger partial charge in [0.2, 0.25) is 0 Å². The molecule has 0 aromatic heterocycles. The molecule has 20 heavy (non-hydrogen) atoms. The summed E-state index contributed by atoms with van der Waals surface area (Å²) >= 11 is 0. The second-order valence-corrected chi connectivity index (χ2v) is 4.23. The number of hydrogen-bond acceptors (Lipinski definition) is 4. The molecule has 0 radical (unpaired) electrons. The lowest BCUT2D eigenvalue weighted by Gasteiger charge is -2.08. The lowest BCUT2D eigenvalue weighted by molar-refractivity contribution is 0.0600. The van der Waals surface area contributed by atoms with Gasteiger partial charge >= 0.3 is 5.97 Å². The molecular weight excluding hydrogens is 254 g/mol. The maximum absolute atomic E-state index is 11.3. The van der Waals surface area contributed by atoms with Crippen LogP contribution < -0.4 is 4.74 Å². The monoisotopic (exact) mass is 267 g/mol. The Morgan fingerprint density at radius 3 is 2.45 bits per heavy atom. The van der Waals surface area contributed by atoms with E-state index >= 15 is 0 Å². The van der Waals surface area contributed by atoms with E-state index in [-0.39, 0.29) is 0 Å². The quantitative estimate of drug-likeness (QED) is 0.799. The van der Waals surface area contributed by atoms with Gasteiger partial charge in [0.1, 0.15) is 17.6 Å². The van der Waals surface area contributed by atoms with Crippen molar-refractivity contribution in [1.29, 1.82) is 5.26 Å². The van der Waals surface area contributed by atoms with Crippen LogP contribution in [0.4, 0.5) is 0 Å². The summed E-state index contributed by atoms with van der Waals surface area (Å²) in [4.78, 5) is 11.3. The predicted molar refractivity (Wildman–Crippen MR) is 73.7 cm³/mol. The van der Waals surface area contributed by atoms with Gasteiger partial charge in [0.05, 0.1) is 18.2 Å². The summed E-state index contributed by atoms with van der Waals surface area (Å²) in [6, 6.07) is 14.0. The average molecular weight is 267 g/mol. The zero-order chi connectivity index (χ0) is 14.5. The summed E-state index contributed by atoms with van der Waals surface area (Å²) in [6.07, 6.45) is 0. The molecule has 0 aliphatic rings. The highest BCUT2D eigenvalue weighted by atomic mass is 16.5. The third kappa shape index (κ3) is 2.96. The van der Waals surface area contributed by atoms with Gasteiger partial charge in [-0.05, 0) is 48.9 Å². The second-order valence-electron chi connectivity index (χ2n) is 4.23. The molecule has 2 aromatic carbocycles. The minimum atomic E-state index is -0.398. The third-order valence-electron chi connectivity index (χ3n) is 2.76. The van der Waals surface area contributed by atoms with Gasteiger partial charge in [-0.15, -0.1) is 0 Å². The number of benzene rings is 2. The van der Waals surface area contributed by atoms with E-state index in [0.29, 0.717) is 22.6 Å². The molecule has 0 atom stereocenters. The van der Waals surface area contributed by atoms with Crippen LogP contribution in [0.3, 0.4) is 0 Å². The molecule has 4 heteroatoms. The number of nitriles is 1. The lowest BCUT2D eigenvalue weighted by atomic mass is 10.1. The highest BCUT2D eigenvalue weighted by molar-refractivity contribution is 5.89. The maximum atomic E-state index is 11.3. The molecule has 0 bridgehead atoms. The molecule has 0 saturated heterocycles.